The maximum atomic E-state index is 6.00. The van der Waals surface area contributed by atoms with E-state index in [1.165, 1.54) is 6.39 Å². The van der Waals surface area contributed by atoms with Crippen molar-refractivity contribution in [3.8, 4) is 5.75 Å². The molecule has 0 saturated heterocycles. The Hall–Kier alpha value is -3.96. The Balaban J connectivity index is 1.36. The molecule has 156 valence electrons. The third kappa shape index (κ3) is 4.53. The molecule has 2 aromatic heterocycles. The van der Waals surface area contributed by atoms with Crippen LogP contribution in [-0.2, 0) is 6.61 Å². The Bertz CT molecular complexity index is 1360. The molecule has 0 unspecified atom stereocenters. The minimum absolute atomic E-state index is 0.390. The van der Waals surface area contributed by atoms with Crippen LogP contribution in [0.25, 0.3) is 22.6 Å². The molecule has 0 aliphatic rings. The Morgan fingerprint density at radius 1 is 0.906 bits per heavy atom. The van der Waals surface area contributed by atoms with Gasteiger partial charge in [-0.15, -0.1) is 10.2 Å². The van der Waals surface area contributed by atoms with Gasteiger partial charge < -0.3 is 9.15 Å². The molecule has 0 fully saturated rings. The molecule has 0 atom stereocenters. The van der Waals surface area contributed by atoms with E-state index in [1.54, 1.807) is 0 Å². The summed E-state index contributed by atoms with van der Waals surface area (Å²) in [5.41, 5.74) is 4.56. The Morgan fingerprint density at radius 3 is 2.50 bits per heavy atom. The van der Waals surface area contributed by atoms with Gasteiger partial charge in [-0.05, 0) is 53.6 Å². The molecule has 0 aliphatic heterocycles. The lowest BCUT2D eigenvalue weighted by atomic mass is 10.0. The van der Waals surface area contributed by atoms with E-state index >= 15 is 0 Å². The summed E-state index contributed by atoms with van der Waals surface area (Å²) >= 11 is 6.00. The molecule has 0 N–H and O–H groups in total. The van der Waals surface area contributed by atoms with E-state index in [-0.39, 0.29) is 0 Å². The summed E-state index contributed by atoms with van der Waals surface area (Å²) in [7, 11) is 0. The third-order valence-corrected chi connectivity index (χ3v) is 5.23. The summed E-state index contributed by atoms with van der Waals surface area (Å²) in [6, 6.07) is 27.4. The standard InChI is InChI=1S/C26H18ClN3O2/c27-21-10-5-18(6-11-21)15-24(26-30-28-17-32-26)19-8-13-23(14-9-19)31-16-22-12-7-20-3-1-2-4-25(20)29-22/h1-15,17H,16H2/b24-15-. The fourth-order valence-electron chi connectivity index (χ4n) is 3.36. The molecule has 0 radical (unpaired) electrons. The van der Waals surface area contributed by atoms with Crippen LogP contribution < -0.4 is 4.74 Å². The van der Waals surface area contributed by atoms with E-state index < -0.39 is 0 Å². The predicted molar refractivity (Wildman–Crippen MR) is 125 cm³/mol. The van der Waals surface area contributed by atoms with Crippen molar-refractivity contribution in [2.45, 2.75) is 6.61 Å². The first-order valence-electron chi connectivity index (χ1n) is 10.1. The van der Waals surface area contributed by atoms with Crippen LogP contribution in [0.3, 0.4) is 0 Å². The fraction of sp³-hybridized carbons (Fsp3) is 0.0385. The maximum Gasteiger partial charge on any atom is 0.248 e. The van der Waals surface area contributed by atoms with Crippen molar-refractivity contribution in [2.75, 3.05) is 0 Å². The predicted octanol–water partition coefficient (Wildman–Crippen LogP) is 6.44. The molecule has 32 heavy (non-hydrogen) atoms. The number of hydrogen-bond donors (Lipinski definition) is 0. The van der Waals surface area contributed by atoms with Gasteiger partial charge >= 0.3 is 0 Å². The van der Waals surface area contributed by atoms with Crippen LogP contribution in [0.15, 0.2) is 95.7 Å². The van der Waals surface area contributed by atoms with Crippen molar-refractivity contribution in [1.82, 2.24) is 15.2 Å². The largest absolute Gasteiger partial charge is 0.487 e. The fourth-order valence-corrected chi connectivity index (χ4v) is 3.49. The molecule has 0 bridgehead atoms. The molecule has 5 nitrogen and oxygen atoms in total. The number of ether oxygens (including phenoxy) is 1. The lowest BCUT2D eigenvalue weighted by Crippen LogP contribution is -1.98. The highest BCUT2D eigenvalue weighted by Gasteiger charge is 2.11. The van der Waals surface area contributed by atoms with Gasteiger partial charge in [-0.3, -0.25) is 0 Å². The molecular formula is C26H18ClN3O2. The molecule has 0 spiro atoms. The zero-order valence-corrected chi connectivity index (χ0v) is 17.7. The van der Waals surface area contributed by atoms with Crippen molar-refractivity contribution < 1.29 is 9.15 Å². The van der Waals surface area contributed by atoms with E-state index in [0.29, 0.717) is 17.5 Å². The van der Waals surface area contributed by atoms with E-state index in [0.717, 1.165) is 39.0 Å². The van der Waals surface area contributed by atoms with Gasteiger partial charge in [-0.1, -0.05) is 60.1 Å². The zero-order valence-electron chi connectivity index (χ0n) is 17.0. The van der Waals surface area contributed by atoms with Gasteiger partial charge in [-0.25, -0.2) is 4.98 Å². The molecule has 6 heteroatoms. The first kappa shape index (κ1) is 20.0. The number of hydrogen-bond acceptors (Lipinski definition) is 5. The minimum Gasteiger partial charge on any atom is -0.487 e. The number of aromatic nitrogens is 3. The highest BCUT2D eigenvalue weighted by Crippen LogP contribution is 2.27. The average Bonchev–Trinajstić information content (AvgIpc) is 3.37. The van der Waals surface area contributed by atoms with Crippen molar-refractivity contribution in [3.63, 3.8) is 0 Å². The van der Waals surface area contributed by atoms with E-state index in [4.69, 9.17) is 20.8 Å². The van der Waals surface area contributed by atoms with Gasteiger partial charge in [0.15, 0.2) is 0 Å². The van der Waals surface area contributed by atoms with Crippen LogP contribution in [0.5, 0.6) is 5.75 Å². The second-order valence-electron chi connectivity index (χ2n) is 7.16. The van der Waals surface area contributed by atoms with Gasteiger partial charge in [0, 0.05) is 16.0 Å². The Kier molecular flexibility index (Phi) is 5.64. The molecule has 3 aromatic carbocycles. The number of nitrogens with zero attached hydrogens (tertiary/aromatic N) is 3. The number of halogens is 1. The first-order valence-corrected chi connectivity index (χ1v) is 10.4. The molecule has 2 heterocycles. The molecule has 5 aromatic rings. The summed E-state index contributed by atoms with van der Waals surface area (Å²) in [5.74, 6) is 1.19. The van der Waals surface area contributed by atoms with Crippen LogP contribution in [-0.4, -0.2) is 15.2 Å². The monoisotopic (exact) mass is 439 g/mol. The SMILES string of the molecule is Clc1ccc(/C=C(/c2ccc(OCc3ccc4ccccc4n3)cc2)c2nnco2)cc1. The summed E-state index contributed by atoms with van der Waals surface area (Å²) in [6.07, 6.45) is 3.30. The summed E-state index contributed by atoms with van der Waals surface area (Å²) < 4.78 is 11.4. The minimum atomic E-state index is 0.390. The van der Waals surface area contributed by atoms with Crippen LogP contribution in [0.1, 0.15) is 22.7 Å². The van der Waals surface area contributed by atoms with E-state index in [1.807, 2.05) is 84.9 Å². The van der Waals surface area contributed by atoms with Crippen molar-refractivity contribution in [3.05, 3.63) is 119 Å². The van der Waals surface area contributed by atoms with Gasteiger partial charge in [0.25, 0.3) is 0 Å². The molecule has 0 saturated carbocycles. The normalized spacial score (nSPS) is 11.6. The smallest absolute Gasteiger partial charge is 0.248 e. The van der Waals surface area contributed by atoms with Crippen LogP contribution in [0.2, 0.25) is 5.02 Å². The molecule has 0 amide bonds. The highest BCUT2D eigenvalue weighted by molar-refractivity contribution is 6.30. The van der Waals surface area contributed by atoms with E-state index in [9.17, 15) is 0 Å². The average molecular weight is 440 g/mol. The van der Waals surface area contributed by atoms with Gasteiger partial charge in [0.1, 0.15) is 12.4 Å². The van der Waals surface area contributed by atoms with E-state index in [2.05, 4.69) is 21.2 Å². The van der Waals surface area contributed by atoms with Crippen LogP contribution in [0.4, 0.5) is 0 Å². The number of pyridine rings is 1. The number of fused-ring (bicyclic) bond motifs is 1. The lowest BCUT2D eigenvalue weighted by Gasteiger charge is -2.09. The van der Waals surface area contributed by atoms with Crippen LogP contribution >= 0.6 is 11.6 Å². The molecular weight excluding hydrogens is 422 g/mol. The molecule has 5 rings (SSSR count). The zero-order chi connectivity index (χ0) is 21.8. The van der Waals surface area contributed by atoms with Crippen LogP contribution in [0, 0.1) is 0 Å². The second-order valence-corrected chi connectivity index (χ2v) is 7.60. The summed E-state index contributed by atoms with van der Waals surface area (Å²) in [5, 5.41) is 9.69. The third-order valence-electron chi connectivity index (χ3n) is 4.98. The van der Waals surface area contributed by atoms with Crippen molar-refractivity contribution in [1.29, 1.82) is 0 Å². The number of benzene rings is 3. The second kappa shape index (κ2) is 9.04. The summed E-state index contributed by atoms with van der Waals surface area (Å²) in [6.45, 7) is 0.390. The quantitative estimate of drug-likeness (QED) is 0.285. The van der Waals surface area contributed by atoms with Gasteiger partial charge in [-0.2, -0.15) is 0 Å². The van der Waals surface area contributed by atoms with Gasteiger partial charge in [0.05, 0.1) is 11.2 Å². The highest BCUT2D eigenvalue weighted by atomic mass is 35.5. The maximum absolute atomic E-state index is 6.00. The lowest BCUT2D eigenvalue weighted by molar-refractivity contribution is 0.302. The topological polar surface area (TPSA) is 61.0 Å². The Morgan fingerprint density at radius 2 is 1.72 bits per heavy atom. The number of rotatable bonds is 6. The molecule has 0 aliphatic carbocycles. The van der Waals surface area contributed by atoms with Gasteiger partial charge in [0.2, 0.25) is 12.3 Å². The first-order chi connectivity index (χ1) is 15.7. The number of para-hydroxylation sites is 1. The van der Waals surface area contributed by atoms with Crippen molar-refractivity contribution >= 4 is 34.2 Å². The summed E-state index contributed by atoms with van der Waals surface area (Å²) in [4.78, 5) is 4.65. The van der Waals surface area contributed by atoms with Crippen molar-refractivity contribution in [2.24, 2.45) is 0 Å². The Labute approximate surface area is 190 Å².